The molecule has 0 bridgehead atoms. The molecule has 3 heteroatoms. The third kappa shape index (κ3) is 5.47. The molecule has 2 aromatic heterocycles. The van der Waals surface area contributed by atoms with Crippen molar-refractivity contribution < 1.29 is 4.42 Å². The molecule has 0 fully saturated rings. The fourth-order valence-electron chi connectivity index (χ4n) is 11.1. The van der Waals surface area contributed by atoms with Gasteiger partial charge in [-0.25, -0.2) is 0 Å². The van der Waals surface area contributed by atoms with Crippen molar-refractivity contribution in [3.05, 3.63) is 235 Å². The van der Waals surface area contributed by atoms with Crippen LogP contribution in [0.3, 0.4) is 0 Å². The molecule has 2 aliphatic carbocycles. The summed E-state index contributed by atoms with van der Waals surface area (Å²) in [7, 11) is 0. The van der Waals surface area contributed by atoms with Gasteiger partial charge >= 0.3 is 0 Å². The molecule has 0 radical (unpaired) electrons. The molecule has 0 N–H and O–H groups in total. The van der Waals surface area contributed by atoms with E-state index >= 15 is 0 Å². The van der Waals surface area contributed by atoms with Crippen LogP contribution in [-0.4, -0.2) is 4.57 Å². The number of nitrogens with zero attached hydrogens (tertiary/aromatic N) is 2. The van der Waals surface area contributed by atoms with Crippen LogP contribution in [0.15, 0.2) is 222 Å². The number of rotatable bonds is 6. The number of furan rings is 1. The number of allylic oxidation sites excluding steroid dienone is 3. The van der Waals surface area contributed by atoms with Crippen LogP contribution in [0, 0.1) is 0 Å². The van der Waals surface area contributed by atoms with Crippen molar-refractivity contribution in [2.24, 2.45) is 0 Å². The van der Waals surface area contributed by atoms with Crippen LogP contribution in [0.5, 0.6) is 0 Å². The van der Waals surface area contributed by atoms with Crippen LogP contribution in [0.25, 0.3) is 82.5 Å². The van der Waals surface area contributed by atoms with Gasteiger partial charge in [0, 0.05) is 55.5 Å². The number of hydrogen-bond donors (Lipinski definition) is 0. The summed E-state index contributed by atoms with van der Waals surface area (Å²) in [4.78, 5) is 2.50. The quantitative estimate of drug-likeness (QED) is 0.167. The fraction of sp³-hybridized carbons (Fsp3) is 0.0820. The lowest BCUT2D eigenvalue weighted by Gasteiger charge is -2.32. The van der Waals surface area contributed by atoms with Gasteiger partial charge in [0.05, 0.1) is 16.7 Å². The summed E-state index contributed by atoms with van der Waals surface area (Å²) in [5, 5.41) is 7.19. The molecule has 2 aliphatic rings. The van der Waals surface area contributed by atoms with Gasteiger partial charge in [-0.3, -0.25) is 0 Å². The van der Waals surface area contributed by atoms with Gasteiger partial charge in [-0.1, -0.05) is 166 Å². The van der Waals surface area contributed by atoms with Crippen molar-refractivity contribution >= 4 is 65.9 Å². The number of anilines is 2. The molecule has 64 heavy (non-hydrogen) atoms. The standard InChI is InChI=1S/C61H44N2O/c1-61(2)52-24-10-5-19-45(52)46-35-34-43(38-53(46)61)62(55-26-12-9-22-49(55)50-23-15-29-58-60(50)51-36-40-16-3-4-17-41(40)37-59(51)64-58)42-32-30-39(31-33-42)44-18-6-11-25-54(44)63-56-27-13-7-20-47(56)48-21-8-14-28-57(48)63/h3-30,32-39H,31H2,1-2H3. The highest BCUT2D eigenvalue weighted by Gasteiger charge is 2.36. The molecule has 0 spiro atoms. The van der Waals surface area contributed by atoms with E-state index in [0.29, 0.717) is 0 Å². The van der Waals surface area contributed by atoms with Crippen molar-refractivity contribution in [2.75, 3.05) is 4.90 Å². The van der Waals surface area contributed by atoms with Crippen LogP contribution in [0.1, 0.15) is 42.9 Å². The second kappa shape index (κ2) is 14.1. The monoisotopic (exact) mass is 820 g/mol. The van der Waals surface area contributed by atoms with E-state index in [0.717, 1.165) is 56.6 Å². The molecular weight excluding hydrogens is 777 g/mol. The lowest BCUT2D eigenvalue weighted by Crippen LogP contribution is -2.20. The first-order chi connectivity index (χ1) is 31.5. The summed E-state index contributed by atoms with van der Waals surface area (Å²) >= 11 is 0. The van der Waals surface area contributed by atoms with E-state index in [9.17, 15) is 0 Å². The maximum absolute atomic E-state index is 6.63. The molecule has 0 aliphatic heterocycles. The van der Waals surface area contributed by atoms with Crippen LogP contribution in [0.2, 0.25) is 0 Å². The van der Waals surface area contributed by atoms with Crippen molar-refractivity contribution in [1.82, 2.24) is 4.57 Å². The lowest BCUT2D eigenvalue weighted by molar-refractivity contribution is 0.660. The maximum atomic E-state index is 6.63. The molecule has 13 rings (SSSR count). The third-order valence-corrected chi connectivity index (χ3v) is 14.1. The molecule has 0 saturated carbocycles. The molecule has 3 nitrogen and oxygen atoms in total. The van der Waals surface area contributed by atoms with E-state index in [1.807, 2.05) is 0 Å². The van der Waals surface area contributed by atoms with Gasteiger partial charge in [0.25, 0.3) is 0 Å². The Bertz CT molecular complexity index is 3710. The number of hydrogen-bond acceptors (Lipinski definition) is 2. The number of benzene rings is 9. The van der Waals surface area contributed by atoms with Crippen molar-refractivity contribution in [3.63, 3.8) is 0 Å². The average molecular weight is 821 g/mol. The van der Waals surface area contributed by atoms with Crippen LogP contribution in [0.4, 0.5) is 11.4 Å². The fourth-order valence-corrected chi connectivity index (χ4v) is 11.1. The van der Waals surface area contributed by atoms with Gasteiger partial charge in [0.2, 0.25) is 0 Å². The van der Waals surface area contributed by atoms with E-state index in [1.165, 1.54) is 66.1 Å². The largest absolute Gasteiger partial charge is 0.456 e. The Morgan fingerprint density at radius 3 is 1.98 bits per heavy atom. The van der Waals surface area contributed by atoms with Crippen molar-refractivity contribution in [3.8, 4) is 27.9 Å². The highest BCUT2D eigenvalue weighted by molar-refractivity contribution is 6.16. The molecule has 9 aromatic carbocycles. The summed E-state index contributed by atoms with van der Waals surface area (Å²) in [6, 6.07) is 71.0. The summed E-state index contributed by atoms with van der Waals surface area (Å²) in [6.07, 6.45) is 8.10. The Kier molecular flexibility index (Phi) is 8.08. The minimum Gasteiger partial charge on any atom is -0.456 e. The van der Waals surface area contributed by atoms with Crippen LogP contribution >= 0.6 is 0 Å². The van der Waals surface area contributed by atoms with Gasteiger partial charge in [0.1, 0.15) is 11.2 Å². The first-order valence-corrected chi connectivity index (χ1v) is 22.4. The second-order valence-electron chi connectivity index (χ2n) is 18.0. The van der Waals surface area contributed by atoms with Crippen molar-refractivity contribution in [1.29, 1.82) is 0 Å². The zero-order chi connectivity index (χ0) is 42.5. The highest BCUT2D eigenvalue weighted by atomic mass is 16.3. The van der Waals surface area contributed by atoms with E-state index in [-0.39, 0.29) is 11.3 Å². The van der Waals surface area contributed by atoms with E-state index in [2.05, 4.69) is 236 Å². The summed E-state index contributed by atoms with van der Waals surface area (Å²) < 4.78 is 9.09. The Balaban J connectivity index is 0.972. The zero-order valence-electron chi connectivity index (χ0n) is 35.8. The second-order valence-corrected chi connectivity index (χ2v) is 18.0. The van der Waals surface area contributed by atoms with Gasteiger partial charge < -0.3 is 13.9 Å². The number of fused-ring (bicyclic) bond motifs is 10. The first-order valence-electron chi connectivity index (χ1n) is 22.4. The van der Waals surface area contributed by atoms with E-state index < -0.39 is 0 Å². The van der Waals surface area contributed by atoms with Crippen molar-refractivity contribution in [2.45, 2.75) is 31.6 Å². The summed E-state index contributed by atoms with van der Waals surface area (Å²) in [6.45, 7) is 4.74. The van der Waals surface area contributed by atoms with E-state index in [1.54, 1.807) is 0 Å². The molecular formula is C61H44N2O. The molecule has 304 valence electrons. The van der Waals surface area contributed by atoms with Gasteiger partial charge in [-0.2, -0.15) is 0 Å². The zero-order valence-corrected chi connectivity index (χ0v) is 35.8. The van der Waals surface area contributed by atoms with Gasteiger partial charge in [0.15, 0.2) is 0 Å². The topological polar surface area (TPSA) is 21.3 Å². The number of aromatic nitrogens is 1. The molecule has 1 unspecified atom stereocenters. The average Bonchev–Trinajstić information content (AvgIpc) is 3.96. The van der Waals surface area contributed by atoms with Gasteiger partial charge in [-0.05, 0) is 111 Å². The normalized spacial score (nSPS) is 15.3. The third-order valence-electron chi connectivity index (χ3n) is 14.1. The molecule has 0 amide bonds. The maximum Gasteiger partial charge on any atom is 0.136 e. The Morgan fingerprint density at radius 1 is 0.531 bits per heavy atom. The van der Waals surface area contributed by atoms with Gasteiger partial charge in [-0.15, -0.1) is 0 Å². The van der Waals surface area contributed by atoms with Crippen LogP contribution in [-0.2, 0) is 5.41 Å². The first kappa shape index (κ1) is 36.7. The molecule has 2 heterocycles. The lowest BCUT2D eigenvalue weighted by atomic mass is 9.82. The minimum atomic E-state index is -0.143. The minimum absolute atomic E-state index is 0.143. The highest BCUT2D eigenvalue weighted by Crippen LogP contribution is 2.52. The summed E-state index contributed by atoms with van der Waals surface area (Å²) in [5.41, 5.74) is 17.7. The SMILES string of the molecule is CC1(C)c2ccccc2-c2ccc(N(C3=CCC(c4ccccc4-n4c5ccccc5c5ccccc54)C=C3)c3ccccc3-c3cccc4oc5cc6ccccc6cc5c34)cc21. The number of para-hydroxylation sites is 4. The Hall–Kier alpha value is -7.88. The predicted octanol–water partition coefficient (Wildman–Crippen LogP) is 16.6. The smallest absolute Gasteiger partial charge is 0.136 e. The molecule has 1 atom stereocenters. The van der Waals surface area contributed by atoms with Crippen LogP contribution < -0.4 is 4.90 Å². The molecule has 0 saturated heterocycles. The Labute approximate surface area is 372 Å². The Morgan fingerprint density at radius 2 is 1.19 bits per heavy atom. The molecule has 11 aromatic rings. The van der Waals surface area contributed by atoms with E-state index in [4.69, 9.17) is 4.42 Å². The summed E-state index contributed by atoms with van der Waals surface area (Å²) in [5.74, 6) is 0.186. The predicted molar refractivity (Wildman–Crippen MR) is 268 cm³/mol.